The summed E-state index contributed by atoms with van der Waals surface area (Å²) in [5.41, 5.74) is 1.87. The topological polar surface area (TPSA) is 75.7 Å². The first kappa shape index (κ1) is 21.3. The van der Waals surface area contributed by atoms with Gasteiger partial charge in [-0.15, -0.1) is 0 Å². The second-order valence-electron chi connectivity index (χ2n) is 7.28. The SMILES string of the molecule is COc1ccc(S(=O)(=O)N2CCC[C@H](C(=O)Nc3cc(F)ccc3C)C2)cc1C. The number of amides is 1. The van der Waals surface area contributed by atoms with Gasteiger partial charge in [-0.25, -0.2) is 12.8 Å². The Labute approximate surface area is 170 Å². The molecule has 1 atom stereocenters. The van der Waals surface area contributed by atoms with Crippen LogP contribution in [-0.2, 0) is 14.8 Å². The van der Waals surface area contributed by atoms with Crippen molar-refractivity contribution in [2.24, 2.45) is 5.92 Å². The first-order valence-electron chi connectivity index (χ1n) is 9.44. The molecule has 1 amide bonds. The summed E-state index contributed by atoms with van der Waals surface area (Å²) in [4.78, 5) is 12.9. The lowest BCUT2D eigenvalue weighted by Crippen LogP contribution is -2.43. The predicted molar refractivity (Wildman–Crippen MR) is 109 cm³/mol. The van der Waals surface area contributed by atoms with E-state index in [0.29, 0.717) is 30.8 Å². The smallest absolute Gasteiger partial charge is 0.243 e. The van der Waals surface area contributed by atoms with E-state index in [1.54, 1.807) is 32.0 Å². The van der Waals surface area contributed by atoms with Crippen LogP contribution in [-0.4, -0.2) is 38.8 Å². The molecule has 1 fully saturated rings. The third-order valence-corrected chi connectivity index (χ3v) is 7.08. The van der Waals surface area contributed by atoms with E-state index in [-0.39, 0.29) is 17.3 Å². The van der Waals surface area contributed by atoms with E-state index in [2.05, 4.69) is 5.32 Å². The highest BCUT2D eigenvalue weighted by Crippen LogP contribution is 2.28. The number of sulfonamides is 1. The molecule has 0 saturated carbocycles. The molecular formula is C21H25FN2O4S. The zero-order chi connectivity index (χ0) is 21.2. The van der Waals surface area contributed by atoms with Crippen molar-refractivity contribution in [3.05, 3.63) is 53.3 Å². The zero-order valence-corrected chi connectivity index (χ0v) is 17.6. The molecule has 8 heteroatoms. The summed E-state index contributed by atoms with van der Waals surface area (Å²) in [7, 11) is -2.19. The van der Waals surface area contributed by atoms with Crippen molar-refractivity contribution >= 4 is 21.6 Å². The van der Waals surface area contributed by atoms with Crippen LogP contribution in [0.5, 0.6) is 5.75 Å². The van der Waals surface area contributed by atoms with Gasteiger partial charge in [0.05, 0.1) is 17.9 Å². The van der Waals surface area contributed by atoms with Gasteiger partial charge in [-0.3, -0.25) is 4.79 Å². The molecule has 0 aliphatic carbocycles. The van der Waals surface area contributed by atoms with Crippen LogP contribution >= 0.6 is 0 Å². The fraction of sp³-hybridized carbons (Fsp3) is 0.381. The molecule has 0 spiro atoms. The highest BCUT2D eigenvalue weighted by molar-refractivity contribution is 7.89. The first-order valence-corrected chi connectivity index (χ1v) is 10.9. The number of aryl methyl sites for hydroxylation is 2. The number of nitrogens with zero attached hydrogens (tertiary/aromatic N) is 1. The van der Waals surface area contributed by atoms with Crippen LogP contribution in [0.2, 0.25) is 0 Å². The minimum atomic E-state index is -3.73. The first-order chi connectivity index (χ1) is 13.7. The molecule has 0 unspecified atom stereocenters. The average Bonchev–Trinajstić information content (AvgIpc) is 2.70. The van der Waals surface area contributed by atoms with Crippen molar-refractivity contribution in [2.45, 2.75) is 31.6 Å². The normalized spacial score (nSPS) is 17.7. The van der Waals surface area contributed by atoms with Gasteiger partial charge in [0.2, 0.25) is 15.9 Å². The van der Waals surface area contributed by atoms with E-state index in [1.807, 2.05) is 0 Å². The molecule has 6 nitrogen and oxygen atoms in total. The van der Waals surface area contributed by atoms with Gasteiger partial charge in [-0.05, 0) is 68.1 Å². The molecule has 2 aromatic carbocycles. The number of piperidine rings is 1. The summed E-state index contributed by atoms with van der Waals surface area (Å²) in [5.74, 6) is -0.621. The maximum absolute atomic E-state index is 13.5. The van der Waals surface area contributed by atoms with Gasteiger partial charge in [0.15, 0.2) is 0 Å². The van der Waals surface area contributed by atoms with Gasteiger partial charge in [0, 0.05) is 18.8 Å². The largest absolute Gasteiger partial charge is 0.496 e. The van der Waals surface area contributed by atoms with Crippen LogP contribution in [0.25, 0.3) is 0 Å². The Bertz CT molecular complexity index is 1020. The molecule has 1 N–H and O–H groups in total. The van der Waals surface area contributed by atoms with Crippen molar-refractivity contribution in [1.29, 1.82) is 0 Å². The van der Waals surface area contributed by atoms with E-state index in [0.717, 1.165) is 11.1 Å². The van der Waals surface area contributed by atoms with Crippen molar-refractivity contribution in [3.63, 3.8) is 0 Å². The van der Waals surface area contributed by atoms with Gasteiger partial charge in [-0.2, -0.15) is 4.31 Å². The number of ether oxygens (including phenoxy) is 1. The number of halogens is 1. The van der Waals surface area contributed by atoms with Crippen LogP contribution < -0.4 is 10.1 Å². The molecule has 1 heterocycles. The monoisotopic (exact) mass is 420 g/mol. The minimum absolute atomic E-state index is 0.0909. The van der Waals surface area contributed by atoms with Gasteiger partial charge in [0.25, 0.3) is 0 Å². The molecule has 0 aromatic heterocycles. The van der Waals surface area contributed by atoms with Crippen molar-refractivity contribution in [1.82, 2.24) is 4.31 Å². The highest BCUT2D eigenvalue weighted by Gasteiger charge is 2.33. The number of carbonyl (C=O) groups is 1. The second kappa shape index (κ2) is 8.51. The molecule has 156 valence electrons. The maximum atomic E-state index is 13.5. The Morgan fingerprint density at radius 2 is 1.93 bits per heavy atom. The Morgan fingerprint density at radius 1 is 1.17 bits per heavy atom. The summed E-state index contributed by atoms with van der Waals surface area (Å²) in [5, 5.41) is 2.74. The Balaban J connectivity index is 1.76. The van der Waals surface area contributed by atoms with Crippen molar-refractivity contribution in [2.75, 3.05) is 25.5 Å². The summed E-state index contributed by atoms with van der Waals surface area (Å²) in [6, 6.07) is 8.91. The summed E-state index contributed by atoms with van der Waals surface area (Å²) in [6.45, 7) is 4.01. The summed E-state index contributed by atoms with van der Waals surface area (Å²) >= 11 is 0. The standard InChI is InChI=1S/C21H25FN2O4S/c1-14-6-7-17(22)12-19(14)23-21(25)16-5-4-10-24(13-16)29(26,27)18-8-9-20(28-3)15(2)11-18/h6-9,11-12,16H,4-5,10,13H2,1-3H3,(H,23,25)/t16-/m0/s1. The Kier molecular flexibility index (Phi) is 6.24. The number of rotatable bonds is 5. The third kappa shape index (κ3) is 4.59. The molecular weight excluding hydrogens is 395 g/mol. The summed E-state index contributed by atoms with van der Waals surface area (Å²) in [6.07, 6.45) is 1.16. The number of anilines is 1. The van der Waals surface area contributed by atoms with Gasteiger partial charge < -0.3 is 10.1 Å². The quantitative estimate of drug-likeness (QED) is 0.803. The number of carbonyl (C=O) groups excluding carboxylic acids is 1. The van der Waals surface area contributed by atoms with Gasteiger partial charge >= 0.3 is 0 Å². The third-order valence-electron chi connectivity index (χ3n) is 5.22. The highest BCUT2D eigenvalue weighted by atomic mass is 32.2. The molecule has 1 aliphatic rings. The number of hydrogen-bond donors (Lipinski definition) is 1. The summed E-state index contributed by atoms with van der Waals surface area (Å²) < 4.78 is 46.2. The second-order valence-corrected chi connectivity index (χ2v) is 9.22. The van der Waals surface area contributed by atoms with E-state index in [4.69, 9.17) is 4.74 Å². The van der Waals surface area contributed by atoms with Crippen molar-refractivity contribution < 1.29 is 22.3 Å². The molecule has 3 rings (SSSR count). The Morgan fingerprint density at radius 3 is 2.62 bits per heavy atom. The number of benzene rings is 2. The molecule has 1 aliphatic heterocycles. The van der Waals surface area contributed by atoms with E-state index in [1.165, 1.54) is 29.6 Å². The van der Waals surface area contributed by atoms with Crippen molar-refractivity contribution in [3.8, 4) is 5.75 Å². The average molecular weight is 421 g/mol. The predicted octanol–water partition coefficient (Wildman–Crippen LogP) is 3.49. The van der Waals surface area contributed by atoms with Crippen LogP contribution in [0.4, 0.5) is 10.1 Å². The van der Waals surface area contributed by atoms with Crippen LogP contribution in [0, 0.1) is 25.6 Å². The molecule has 1 saturated heterocycles. The minimum Gasteiger partial charge on any atom is -0.496 e. The fourth-order valence-electron chi connectivity index (χ4n) is 3.50. The number of hydrogen-bond acceptors (Lipinski definition) is 4. The van der Waals surface area contributed by atoms with Crippen LogP contribution in [0.15, 0.2) is 41.3 Å². The van der Waals surface area contributed by atoms with E-state index in [9.17, 15) is 17.6 Å². The maximum Gasteiger partial charge on any atom is 0.243 e. The van der Waals surface area contributed by atoms with E-state index < -0.39 is 21.8 Å². The van der Waals surface area contributed by atoms with Gasteiger partial charge in [-0.1, -0.05) is 6.07 Å². The van der Waals surface area contributed by atoms with Crippen LogP contribution in [0.1, 0.15) is 24.0 Å². The number of nitrogens with one attached hydrogen (secondary N) is 1. The lowest BCUT2D eigenvalue weighted by Gasteiger charge is -2.31. The molecule has 0 bridgehead atoms. The molecule has 29 heavy (non-hydrogen) atoms. The lowest BCUT2D eigenvalue weighted by atomic mass is 9.98. The Hall–Kier alpha value is -2.45. The molecule has 0 radical (unpaired) electrons. The number of methoxy groups -OCH3 is 1. The van der Waals surface area contributed by atoms with Gasteiger partial charge in [0.1, 0.15) is 11.6 Å². The lowest BCUT2D eigenvalue weighted by molar-refractivity contribution is -0.120. The zero-order valence-electron chi connectivity index (χ0n) is 16.7. The van der Waals surface area contributed by atoms with Crippen LogP contribution in [0.3, 0.4) is 0 Å². The van der Waals surface area contributed by atoms with E-state index >= 15 is 0 Å². The molecule has 2 aromatic rings. The fourth-order valence-corrected chi connectivity index (χ4v) is 5.11.